The molecule has 0 unspecified atom stereocenters. The quantitative estimate of drug-likeness (QED) is 0.590. The lowest BCUT2D eigenvalue weighted by atomic mass is 10.1. The van der Waals surface area contributed by atoms with Gasteiger partial charge in [-0.1, -0.05) is 48.5 Å². The summed E-state index contributed by atoms with van der Waals surface area (Å²) < 4.78 is 15.3. The van der Waals surface area contributed by atoms with E-state index >= 15 is 0 Å². The molecule has 3 nitrogen and oxygen atoms in total. The van der Waals surface area contributed by atoms with Crippen molar-refractivity contribution in [3.05, 3.63) is 78.6 Å². The second-order valence-electron chi connectivity index (χ2n) is 5.28. The molecule has 1 heterocycles. The number of nitrogens with zero attached hydrogens (tertiary/aromatic N) is 2. The Bertz CT molecular complexity index is 993. The maximum absolute atomic E-state index is 13.7. The average Bonchev–Trinajstić information content (AvgIpc) is 2.97. The van der Waals surface area contributed by atoms with Crippen LogP contribution in [-0.2, 0) is 0 Å². The lowest BCUT2D eigenvalue weighted by Gasteiger charge is -2.10. The molecule has 4 heteroatoms. The third kappa shape index (κ3) is 2.25. The molecule has 4 rings (SSSR count). The van der Waals surface area contributed by atoms with Crippen molar-refractivity contribution in [2.45, 2.75) is 0 Å². The van der Waals surface area contributed by atoms with E-state index in [0.717, 1.165) is 22.2 Å². The number of halogens is 1. The number of hydrogen-bond donors (Lipinski definition) is 1. The zero-order valence-electron chi connectivity index (χ0n) is 12.1. The van der Waals surface area contributed by atoms with Crippen molar-refractivity contribution in [2.75, 3.05) is 0 Å². The average molecular weight is 304 g/mol. The monoisotopic (exact) mass is 304 g/mol. The number of phenolic OH excluding ortho intramolecular Hbond substituents is 1. The van der Waals surface area contributed by atoms with Crippen LogP contribution in [0.25, 0.3) is 27.8 Å². The van der Waals surface area contributed by atoms with Crippen molar-refractivity contribution in [1.29, 1.82) is 0 Å². The SMILES string of the molecule is Oc1ccc(F)cc1-n1nc2ccccc2c1-c1ccccc1. The van der Waals surface area contributed by atoms with E-state index in [4.69, 9.17) is 0 Å². The van der Waals surface area contributed by atoms with Crippen LogP contribution in [0.5, 0.6) is 5.75 Å². The van der Waals surface area contributed by atoms with Gasteiger partial charge in [-0.25, -0.2) is 9.07 Å². The lowest BCUT2D eigenvalue weighted by molar-refractivity contribution is 0.468. The van der Waals surface area contributed by atoms with Crippen LogP contribution < -0.4 is 0 Å². The van der Waals surface area contributed by atoms with E-state index < -0.39 is 5.82 Å². The highest BCUT2D eigenvalue weighted by Crippen LogP contribution is 2.33. The highest BCUT2D eigenvalue weighted by Gasteiger charge is 2.16. The molecule has 0 atom stereocenters. The predicted octanol–water partition coefficient (Wildman–Crippen LogP) is 4.54. The van der Waals surface area contributed by atoms with E-state index in [0.29, 0.717) is 5.69 Å². The van der Waals surface area contributed by atoms with Crippen molar-refractivity contribution in [2.24, 2.45) is 0 Å². The first-order chi connectivity index (χ1) is 11.2. The van der Waals surface area contributed by atoms with Gasteiger partial charge in [0.15, 0.2) is 0 Å². The molecule has 0 saturated carbocycles. The molecule has 0 spiro atoms. The van der Waals surface area contributed by atoms with Gasteiger partial charge in [0.05, 0.1) is 11.2 Å². The predicted molar refractivity (Wildman–Crippen MR) is 88.1 cm³/mol. The summed E-state index contributed by atoms with van der Waals surface area (Å²) in [6.45, 7) is 0. The molecular weight excluding hydrogens is 291 g/mol. The number of fused-ring (bicyclic) bond motifs is 1. The summed E-state index contributed by atoms with van der Waals surface area (Å²) in [5.41, 5.74) is 2.88. The van der Waals surface area contributed by atoms with Gasteiger partial charge in [-0.3, -0.25) is 0 Å². The minimum Gasteiger partial charge on any atom is -0.506 e. The Morgan fingerprint density at radius 2 is 1.61 bits per heavy atom. The second kappa shape index (κ2) is 5.25. The standard InChI is InChI=1S/C19H13FN2O/c20-14-10-11-18(23)17(12-14)22-19(13-6-2-1-3-7-13)15-8-4-5-9-16(15)21-22/h1-12,23H. The van der Waals surface area contributed by atoms with Crippen LogP contribution >= 0.6 is 0 Å². The fraction of sp³-hybridized carbons (Fsp3) is 0. The summed E-state index contributed by atoms with van der Waals surface area (Å²) in [6.07, 6.45) is 0. The van der Waals surface area contributed by atoms with Crippen LogP contribution in [0, 0.1) is 5.82 Å². The summed E-state index contributed by atoms with van der Waals surface area (Å²) in [5.74, 6) is -0.437. The summed E-state index contributed by atoms with van der Waals surface area (Å²) >= 11 is 0. The van der Waals surface area contributed by atoms with Crippen LogP contribution in [0.4, 0.5) is 4.39 Å². The van der Waals surface area contributed by atoms with Crippen molar-refractivity contribution in [3.63, 3.8) is 0 Å². The third-order valence-electron chi connectivity index (χ3n) is 3.79. The van der Waals surface area contributed by atoms with E-state index in [1.807, 2.05) is 54.6 Å². The van der Waals surface area contributed by atoms with Crippen LogP contribution in [0.1, 0.15) is 0 Å². The minimum atomic E-state index is -0.420. The summed E-state index contributed by atoms with van der Waals surface area (Å²) in [7, 11) is 0. The largest absolute Gasteiger partial charge is 0.506 e. The highest BCUT2D eigenvalue weighted by atomic mass is 19.1. The summed E-state index contributed by atoms with van der Waals surface area (Å²) in [5, 5.41) is 15.7. The molecule has 1 N–H and O–H groups in total. The van der Waals surface area contributed by atoms with Gasteiger partial charge in [0.2, 0.25) is 0 Å². The topological polar surface area (TPSA) is 38.0 Å². The van der Waals surface area contributed by atoms with Crippen molar-refractivity contribution < 1.29 is 9.50 Å². The molecule has 112 valence electrons. The molecule has 1 aromatic heterocycles. The first-order valence-corrected chi connectivity index (χ1v) is 7.26. The molecule has 0 aliphatic rings. The second-order valence-corrected chi connectivity index (χ2v) is 5.28. The maximum Gasteiger partial charge on any atom is 0.141 e. The molecule has 0 saturated heterocycles. The fourth-order valence-electron chi connectivity index (χ4n) is 2.75. The van der Waals surface area contributed by atoms with Gasteiger partial charge in [-0.15, -0.1) is 0 Å². The Hall–Kier alpha value is -3.14. The Balaban J connectivity index is 2.09. The van der Waals surface area contributed by atoms with Gasteiger partial charge in [0.1, 0.15) is 17.3 Å². The van der Waals surface area contributed by atoms with Crippen molar-refractivity contribution in [1.82, 2.24) is 9.78 Å². The molecule has 0 aliphatic carbocycles. The Morgan fingerprint density at radius 1 is 0.870 bits per heavy atom. The van der Waals surface area contributed by atoms with Gasteiger partial charge < -0.3 is 5.11 Å². The van der Waals surface area contributed by atoms with Gasteiger partial charge in [0, 0.05) is 17.0 Å². The van der Waals surface area contributed by atoms with Crippen LogP contribution in [0.3, 0.4) is 0 Å². The molecule has 0 amide bonds. The molecule has 0 aliphatic heterocycles. The van der Waals surface area contributed by atoms with Gasteiger partial charge >= 0.3 is 0 Å². The first kappa shape index (κ1) is 13.5. The molecule has 4 aromatic rings. The van der Waals surface area contributed by atoms with E-state index in [9.17, 15) is 9.50 Å². The van der Waals surface area contributed by atoms with Crippen LogP contribution in [-0.4, -0.2) is 14.9 Å². The first-order valence-electron chi connectivity index (χ1n) is 7.26. The van der Waals surface area contributed by atoms with E-state index in [1.165, 1.54) is 18.2 Å². The number of benzene rings is 3. The molecule has 3 aromatic carbocycles. The zero-order chi connectivity index (χ0) is 15.8. The Labute approximate surface area is 132 Å². The minimum absolute atomic E-state index is 0.0172. The number of hydrogen-bond acceptors (Lipinski definition) is 2. The Morgan fingerprint density at radius 3 is 2.43 bits per heavy atom. The third-order valence-corrected chi connectivity index (χ3v) is 3.79. The number of aromatic hydroxyl groups is 1. The van der Waals surface area contributed by atoms with E-state index in [1.54, 1.807) is 4.68 Å². The zero-order valence-corrected chi connectivity index (χ0v) is 12.1. The number of phenols is 1. The molecule has 0 fully saturated rings. The Kier molecular flexibility index (Phi) is 3.08. The van der Waals surface area contributed by atoms with E-state index in [-0.39, 0.29) is 5.75 Å². The lowest BCUT2D eigenvalue weighted by Crippen LogP contribution is -2.00. The van der Waals surface area contributed by atoms with Crippen molar-refractivity contribution in [3.8, 4) is 22.7 Å². The van der Waals surface area contributed by atoms with Gasteiger partial charge in [-0.2, -0.15) is 5.10 Å². The molecular formula is C19H13FN2O. The van der Waals surface area contributed by atoms with Gasteiger partial charge in [-0.05, 0) is 18.2 Å². The molecule has 0 bridgehead atoms. The summed E-state index contributed by atoms with van der Waals surface area (Å²) in [6, 6.07) is 21.3. The fourth-order valence-corrected chi connectivity index (χ4v) is 2.75. The van der Waals surface area contributed by atoms with E-state index in [2.05, 4.69) is 5.10 Å². The van der Waals surface area contributed by atoms with Crippen LogP contribution in [0.2, 0.25) is 0 Å². The normalized spacial score (nSPS) is 11.0. The van der Waals surface area contributed by atoms with Gasteiger partial charge in [0.25, 0.3) is 0 Å². The number of aromatic nitrogens is 2. The highest BCUT2D eigenvalue weighted by molar-refractivity contribution is 5.94. The smallest absolute Gasteiger partial charge is 0.141 e. The number of rotatable bonds is 2. The molecule has 23 heavy (non-hydrogen) atoms. The molecule has 0 radical (unpaired) electrons. The summed E-state index contributed by atoms with van der Waals surface area (Å²) in [4.78, 5) is 0. The maximum atomic E-state index is 13.7. The van der Waals surface area contributed by atoms with Crippen molar-refractivity contribution >= 4 is 10.9 Å². The van der Waals surface area contributed by atoms with Crippen LogP contribution in [0.15, 0.2) is 72.8 Å².